The predicted molar refractivity (Wildman–Crippen MR) is 158 cm³/mol. The van der Waals surface area contributed by atoms with Crippen LogP contribution in [0.3, 0.4) is 0 Å². The Labute approximate surface area is 218 Å². The van der Waals surface area contributed by atoms with E-state index >= 15 is 0 Å². The van der Waals surface area contributed by atoms with Crippen molar-refractivity contribution >= 4 is 54.9 Å². The van der Waals surface area contributed by atoms with Crippen LogP contribution in [0.5, 0.6) is 0 Å². The van der Waals surface area contributed by atoms with E-state index in [2.05, 4.69) is 136 Å². The number of para-hydroxylation sites is 2. The highest BCUT2D eigenvalue weighted by Gasteiger charge is 2.22. The summed E-state index contributed by atoms with van der Waals surface area (Å²) in [5, 5.41) is 5.02. The molecular weight excluding hydrogens is 462 g/mol. The first-order valence-corrected chi connectivity index (χ1v) is 13.0. The summed E-state index contributed by atoms with van der Waals surface area (Å²) in [6.45, 7) is 0. The molecule has 9 rings (SSSR count). The average molecular weight is 484 g/mol. The molecule has 0 saturated heterocycles. The van der Waals surface area contributed by atoms with Crippen LogP contribution >= 0.6 is 0 Å². The molecule has 3 aromatic heterocycles. The van der Waals surface area contributed by atoms with Crippen LogP contribution in [-0.2, 0) is 0 Å². The number of hydrogen-bond acceptors (Lipinski definition) is 1. The predicted octanol–water partition coefficient (Wildman–Crippen LogP) is 8.97. The van der Waals surface area contributed by atoms with Gasteiger partial charge in [0.2, 0.25) is 5.78 Å². The zero-order valence-electron chi connectivity index (χ0n) is 20.5. The van der Waals surface area contributed by atoms with E-state index < -0.39 is 0 Å². The Morgan fingerprint density at radius 2 is 1.13 bits per heavy atom. The van der Waals surface area contributed by atoms with Crippen LogP contribution in [0.2, 0.25) is 0 Å². The molecule has 0 aliphatic rings. The van der Waals surface area contributed by atoms with Gasteiger partial charge in [0.1, 0.15) is 0 Å². The second-order valence-corrected chi connectivity index (χ2v) is 10.1. The van der Waals surface area contributed by atoms with Gasteiger partial charge >= 0.3 is 0 Å². The zero-order chi connectivity index (χ0) is 24.8. The molecule has 0 bridgehead atoms. The Hall–Kier alpha value is -5.15. The fourth-order valence-electron chi connectivity index (χ4n) is 6.35. The van der Waals surface area contributed by atoms with E-state index in [4.69, 9.17) is 4.98 Å². The van der Waals surface area contributed by atoms with Gasteiger partial charge in [0.05, 0.1) is 27.6 Å². The van der Waals surface area contributed by atoms with Crippen molar-refractivity contribution in [3.8, 4) is 22.3 Å². The lowest BCUT2D eigenvalue weighted by Gasteiger charge is -2.11. The fraction of sp³-hybridized carbons (Fsp3) is 0. The number of aromatic nitrogens is 3. The van der Waals surface area contributed by atoms with E-state index in [0.29, 0.717) is 0 Å². The maximum Gasteiger partial charge on any atom is 0.220 e. The molecule has 176 valence electrons. The summed E-state index contributed by atoms with van der Waals surface area (Å²) >= 11 is 0. The second kappa shape index (κ2) is 7.21. The van der Waals surface area contributed by atoms with Crippen LogP contribution in [-0.4, -0.2) is 13.8 Å². The molecule has 3 heterocycles. The minimum absolute atomic E-state index is 0.963. The SMILES string of the molecule is c1ccc(-c2ccccc2-c2cc3c4cc5ccccc5cc4n4c3c(c2)n2c3ccccc3nc24)cc1. The Balaban J connectivity index is 1.49. The average Bonchev–Trinajstić information content (AvgIpc) is 3.61. The molecule has 0 atom stereocenters. The van der Waals surface area contributed by atoms with Gasteiger partial charge in [0, 0.05) is 10.8 Å². The van der Waals surface area contributed by atoms with Gasteiger partial charge in [-0.15, -0.1) is 0 Å². The first kappa shape index (κ1) is 20.0. The third kappa shape index (κ3) is 2.55. The number of benzene rings is 6. The summed E-state index contributed by atoms with van der Waals surface area (Å²) in [7, 11) is 0. The van der Waals surface area contributed by atoms with Crippen molar-refractivity contribution in [3.63, 3.8) is 0 Å². The van der Waals surface area contributed by atoms with Crippen molar-refractivity contribution in [1.29, 1.82) is 0 Å². The molecule has 6 aromatic carbocycles. The van der Waals surface area contributed by atoms with Crippen LogP contribution in [0, 0.1) is 0 Å². The first-order chi connectivity index (χ1) is 18.8. The monoisotopic (exact) mass is 483 g/mol. The van der Waals surface area contributed by atoms with Crippen molar-refractivity contribution < 1.29 is 0 Å². The molecule has 3 nitrogen and oxygen atoms in total. The van der Waals surface area contributed by atoms with Crippen molar-refractivity contribution in [2.75, 3.05) is 0 Å². The highest BCUT2D eigenvalue weighted by molar-refractivity contribution is 6.20. The molecule has 0 unspecified atom stereocenters. The van der Waals surface area contributed by atoms with E-state index in [0.717, 1.165) is 16.8 Å². The van der Waals surface area contributed by atoms with E-state index in [1.54, 1.807) is 0 Å². The van der Waals surface area contributed by atoms with E-state index in [-0.39, 0.29) is 0 Å². The standard InChI is InChI=1S/C35H21N3/c1-2-10-22(11-3-1)26-14-6-7-15-27(26)25-19-29-28-18-23-12-4-5-13-24(23)20-32(28)38-34(29)33(21-25)37-31-17-9-8-16-30(31)36-35(37)38/h1-21H. The molecule has 0 saturated carbocycles. The van der Waals surface area contributed by atoms with Crippen LogP contribution in [0.25, 0.3) is 77.2 Å². The maximum atomic E-state index is 5.13. The lowest BCUT2D eigenvalue weighted by molar-refractivity contribution is 1.22. The van der Waals surface area contributed by atoms with Crippen molar-refractivity contribution in [3.05, 3.63) is 127 Å². The quantitative estimate of drug-likeness (QED) is 0.240. The summed E-state index contributed by atoms with van der Waals surface area (Å²) in [5.41, 5.74) is 10.7. The van der Waals surface area contributed by atoms with Crippen LogP contribution in [0.1, 0.15) is 0 Å². The molecule has 0 fully saturated rings. The van der Waals surface area contributed by atoms with E-state index in [1.165, 1.54) is 60.3 Å². The van der Waals surface area contributed by atoms with Gasteiger partial charge in [-0.2, -0.15) is 0 Å². The molecule has 9 aromatic rings. The number of nitrogens with zero attached hydrogens (tertiary/aromatic N) is 3. The van der Waals surface area contributed by atoms with Crippen LogP contribution in [0.15, 0.2) is 127 Å². The molecule has 0 aliphatic carbocycles. The minimum atomic E-state index is 0.963. The number of rotatable bonds is 2. The third-order valence-electron chi connectivity index (χ3n) is 8.02. The smallest absolute Gasteiger partial charge is 0.220 e. The lowest BCUT2D eigenvalue weighted by Crippen LogP contribution is -1.87. The highest BCUT2D eigenvalue weighted by Crippen LogP contribution is 2.42. The number of fused-ring (bicyclic) bond motifs is 9. The van der Waals surface area contributed by atoms with Crippen molar-refractivity contribution in [2.24, 2.45) is 0 Å². The molecule has 0 N–H and O–H groups in total. The lowest BCUT2D eigenvalue weighted by atomic mass is 9.93. The molecule has 0 spiro atoms. The topological polar surface area (TPSA) is 21.7 Å². The van der Waals surface area contributed by atoms with Gasteiger partial charge in [-0.05, 0) is 69.4 Å². The zero-order valence-corrected chi connectivity index (χ0v) is 20.5. The van der Waals surface area contributed by atoms with Gasteiger partial charge in [-0.3, -0.25) is 8.80 Å². The minimum Gasteiger partial charge on any atom is -0.277 e. The second-order valence-electron chi connectivity index (χ2n) is 10.1. The van der Waals surface area contributed by atoms with Crippen LogP contribution < -0.4 is 0 Å². The molecular formula is C35H21N3. The van der Waals surface area contributed by atoms with Gasteiger partial charge in [-0.25, -0.2) is 4.98 Å². The summed E-state index contributed by atoms with van der Waals surface area (Å²) in [6.07, 6.45) is 0. The molecule has 0 amide bonds. The highest BCUT2D eigenvalue weighted by atomic mass is 15.2. The fourth-order valence-corrected chi connectivity index (χ4v) is 6.35. The molecule has 3 heteroatoms. The largest absolute Gasteiger partial charge is 0.277 e. The normalized spacial score (nSPS) is 12.2. The third-order valence-corrected chi connectivity index (χ3v) is 8.02. The summed E-state index contributed by atoms with van der Waals surface area (Å²) in [4.78, 5) is 5.13. The van der Waals surface area contributed by atoms with Crippen molar-refractivity contribution in [2.45, 2.75) is 0 Å². The molecule has 38 heavy (non-hydrogen) atoms. The molecule has 0 aliphatic heterocycles. The number of hydrogen-bond donors (Lipinski definition) is 0. The number of imidazole rings is 2. The molecule has 0 radical (unpaired) electrons. The van der Waals surface area contributed by atoms with Crippen LogP contribution in [0.4, 0.5) is 0 Å². The summed E-state index contributed by atoms with van der Waals surface area (Å²) in [6, 6.07) is 45.9. The first-order valence-electron chi connectivity index (χ1n) is 13.0. The Bertz CT molecular complexity index is 2340. The Morgan fingerprint density at radius 3 is 1.97 bits per heavy atom. The van der Waals surface area contributed by atoms with E-state index in [1.807, 2.05) is 0 Å². The van der Waals surface area contributed by atoms with Gasteiger partial charge in [-0.1, -0.05) is 91.0 Å². The van der Waals surface area contributed by atoms with Crippen molar-refractivity contribution in [1.82, 2.24) is 13.8 Å². The maximum absolute atomic E-state index is 5.13. The van der Waals surface area contributed by atoms with E-state index in [9.17, 15) is 0 Å². The Kier molecular flexibility index (Phi) is 3.79. The van der Waals surface area contributed by atoms with Gasteiger partial charge in [0.25, 0.3) is 0 Å². The Morgan fingerprint density at radius 1 is 0.447 bits per heavy atom. The summed E-state index contributed by atoms with van der Waals surface area (Å²) in [5.74, 6) is 0.963. The van der Waals surface area contributed by atoms with Gasteiger partial charge < -0.3 is 0 Å². The van der Waals surface area contributed by atoms with Gasteiger partial charge in [0.15, 0.2) is 0 Å². The summed E-state index contributed by atoms with van der Waals surface area (Å²) < 4.78 is 4.69.